The molecule has 8 heteroatoms. The molecule has 0 aliphatic rings. The molecule has 146 valence electrons. The highest BCUT2D eigenvalue weighted by atomic mass is 32.2. The number of thioether (sulfide) groups is 2. The largest absolute Gasteiger partial charge is 0.431 e. The van der Waals surface area contributed by atoms with Gasteiger partial charge in [0.25, 0.3) is 10.4 Å². The molecule has 0 spiro atoms. The van der Waals surface area contributed by atoms with Crippen LogP contribution >= 0.6 is 23.5 Å². The van der Waals surface area contributed by atoms with Gasteiger partial charge in [0.05, 0.1) is 0 Å². The molecule has 0 unspecified atom stereocenters. The van der Waals surface area contributed by atoms with E-state index < -0.39 is 0 Å². The molecular formula is C22H12N2O4S2. The van der Waals surface area contributed by atoms with Gasteiger partial charge in [-0.05, 0) is 30.3 Å². The van der Waals surface area contributed by atoms with Crippen molar-refractivity contribution in [1.82, 2.24) is 9.97 Å². The van der Waals surface area contributed by atoms with Crippen molar-refractivity contribution in [3.63, 3.8) is 0 Å². The third kappa shape index (κ3) is 3.74. The van der Waals surface area contributed by atoms with Crippen molar-refractivity contribution in [3.8, 4) is 0 Å². The van der Waals surface area contributed by atoms with Gasteiger partial charge in [-0.2, -0.15) is 0 Å². The lowest BCUT2D eigenvalue weighted by atomic mass is 10.1. The number of rotatable bonds is 4. The lowest BCUT2D eigenvalue weighted by Gasteiger charge is -2.01. The van der Waals surface area contributed by atoms with Crippen LogP contribution in [0.15, 0.2) is 92.1 Å². The van der Waals surface area contributed by atoms with Crippen molar-refractivity contribution < 1.29 is 18.4 Å². The minimum Gasteiger partial charge on any atom is -0.431 e. The maximum Gasteiger partial charge on any atom is 0.264 e. The van der Waals surface area contributed by atoms with Gasteiger partial charge in [-0.1, -0.05) is 42.5 Å². The number of hydrogen-bond acceptors (Lipinski definition) is 8. The van der Waals surface area contributed by atoms with Gasteiger partial charge in [0.2, 0.25) is 10.2 Å². The van der Waals surface area contributed by atoms with Gasteiger partial charge in [0.15, 0.2) is 11.2 Å². The van der Waals surface area contributed by atoms with Gasteiger partial charge < -0.3 is 8.83 Å². The van der Waals surface area contributed by atoms with Gasteiger partial charge in [0.1, 0.15) is 11.0 Å². The van der Waals surface area contributed by atoms with Crippen molar-refractivity contribution >= 4 is 56.0 Å². The lowest BCUT2D eigenvalue weighted by Crippen LogP contribution is -1.98. The quantitative estimate of drug-likeness (QED) is 0.328. The molecule has 0 fully saturated rings. The first-order valence-corrected chi connectivity index (χ1v) is 10.5. The molecule has 0 radical (unpaired) electrons. The Morgan fingerprint density at radius 1 is 0.633 bits per heavy atom. The van der Waals surface area contributed by atoms with Crippen molar-refractivity contribution in [3.05, 3.63) is 83.9 Å². The molecule has 0 aliphatic heterocycles. The predicted molar refractivity (Wildman–Crippen MR) is 115 cm³/mol. The molecule has 5 aromatic rings. The standard InChI is InChI=1S/C22H12N2O4S2/c25-19(29-21-23-15-8-1-3-10-17(15)27-21)13-6-5-7-14(12-13)20(26)30-22-24-16-9-2-4-11-18(16)28-22/h1-12H. The van der Waals surface area contributed by atoms with E-state index in [0.29, 0.717) is 33.3 Å². The highest BCUT2D eigenvalue weighted by Crippen LogP contribution is 2.29. The van der Waals surface area contributed by atoms with Crippen molar-refractivity contribution in [2.24, 2.45) is 0 Å². The van der Waals surface area contributed by atoms with Crippen LogP contribution < -0.4 is 0 Å². The van der Waals surface area contributed by atoms with Crippen LogP contribution in [0.1, 0.15) is 20.7 Å². The van der Waals surface area contributed by atoms with Crippen molar-refractivity contribution in [2.45, 2.75) is 10.4 Å². The number of aromatic nitrogens is 2. The molecule has 30 heavy (non-hydrogen) atoms. The average molecular weight is 432 g/mol. The van der Waals surface area contributed by atoms with E-state index in [1.807, 2.05) is 36.4 Å². The summed E-state index contributed by atoms with van der Waals surface area (Å²) in [7, 11) is 0. The minimum absolute atomic E-state index is 0.261. The normalized spacial score (nSPS) is 11.2. The van der Waals surface area contributed by atoms with Gasteiger partial charge in [0, 0.05) is 34.7 Å². The molecule has 0 amide bonds. The number of carbonyl (C=O) groups excluding carboxylic acids is 2. The van der Waals surface area contributed by atoms with Crippen LogP contribution in [-0.2, 0) is 0 Å². The topological polar surface area (TPSA) is 86.2 Å². The van der Waals surface area contributed by atoms with Crippen LogP contribution in [0.4, 0.5) is 0 Å². The molecule has 2 heterocycles. The number of fused-ring (bicyclic) bond motifs is 2. The van der Waals surface area contributed by atoms with E-state index in [9.17, 15) is 9.59 Å². The maximum absolute atomic E-state index is 12.7. The van der Waals surface area contributed by atoms with Crippen LogP contribution in [0, 0.1) is 0 Å². The smallest absolute Gasteiger partial charge is 0.264 e. The predicted octanol–water partition coefficient (Wildman–Crippen LogP) is 5.83. The molecule has 2 aromatic heterocycles. The van der Waals surface area contributed by atoms with Crippen LogP contribution in [0.3, 0.4) is 0 Å². The third-order valence-electron chi connectivity index (χ3n) is 4.24. The van der Waals surface area contributed by atoms with E-state index in [4.69, 9.17) is 8.83 Å². The number of nitrogens with zero attached hydrogens (tertiary/aromatic N) is 2. The molecule has 0 saturated heterocycles. The molecule has 0 aliphatic carbocycles. The second-order valence-electron chi connectivity index (χ2n) is 6.25. The van der Waals surface area contributed by atoms with E-state index in [0.717, 1.165) is 23.5 Å². The van der Waals surface area contributed by atoms with Gasteiger partial charge >= 0.3 is 0 Å². The first kappa shape index (κ1) is 18.7. The fraction of sp³-hybridized carbons (Fsp3) is 0. The summed E-state index contributed by atoms with van der Waals surface area (Å²) in [6, 6.07) is 21.1. The summed E-state index contributed by atoms with van der Waals surface area (Å²) in [5.41, 5.74) is 3.37. The summed E-state index contributed by atoms with van der Waals surface area (Å²) in [5.74, 6) is 0. The fourth-order valence-corrected chi connectivity index (χ4v) is 4.20. The van der Waals surface area contributed by atoms with Crippen LogP contribution in [0.5, 0.6) is 0 Å². The number of para-hydroxylation sites is 4. The summed E-state index contributed by atoms with van der Waals surface area (Å²) in [5, 5.41) is 0.00342. The highest BCUT2D eigenvalue weighted by Gasteiger charge is 2.18. The molecule has 0 N–H and O–H groups in total. The van der Waals surface area contributed by atoms with Crippen LogP contribution in [0.2, 0.25) is 0 Å². The molecule has 0 bridgehead atoms. The number of carbonyl (C=O) groups is 2. The SMILES string of the molecule is O=C(Sc1nc2ccccc2o1)c1cccc(C(=O)Sc2nc3ccccc3o2)c1. The van der Waals surface area contributed by atoms with E-state index in [1.165, 1.54) is 0 Å². The third-order valence-corrected chi connectivity index (χ3v) is 5.78. The Labute approximate surface area is 178 Å². The zero-order valence-electron chi connectivity index (χ0n) is 15.3. The number of hydrogen-bond donors (Lipinski definition) is 0. The number of benzene rings is 3. The Balaban J connectivity index is 1.33. The average Bonchev–Trinajstić information content (AvgIpc) is 3.36. The lowest BCUT2D eigenvalue weighted by molar-refractivity contribution is 0.108. The van der Waals surface area contributed by atoms with Gasteiger partial charge in [-0.3, -0.25) is 9.59 Å². The summed E-state index contributed by atoms with van der Waals surface area (Å²) < 4.78 is 11.2. The van der Waals surface area contributed by atoms with E-state index in [2.05, 4.69) is 9.97 Å². The summed E-state index contributed by atoms with van der Waals surface area (Å²) >= 11 is 1.77. The first-order valence-electron chi connectivity index (χ1n) is 8.91. The second kappa shape index (κ2) is 7.81. The number of oxazole rings is 2. The molecule has 0 atom stereocenters. The van der Waals surface area contributed by atoms with Gasteiger partial charge in [-0.25, -0.2) is 9.97 Å². The molecule has 3 aromatic carbocycles. The Morgan fingerprint density at radius 3 is 1.57 bits per heavy atom. The Bertz CT molecular complexity index is 1240. The second-order valence-corrected chi connectivity index (χ2v) is 8.10. The summed E-state index contributed by atoms with van der Waals surface area (Å²) in [4.78, 5) is 33.9. The fourth-order valence-electron chi connectivity index (χ4n) is 2.84. The van der Waals surface area contributed by atoms with Crippen molar-refractivity contribution in [2.75, 3.05) is 0 Å². The Hall–Kier alpha value is -3.36. The maximum atomic E-state index is 12.7. The summed E-state index contributed by atoms with van der Waals surface area (Å²) in [6.07, 6.45) is 0. The summed E-state index contributed by atoms with van der Waals surface area (Å²) in [6.45, 7) is 0. The van der Waals surface area contributed by atoms with E-state index in [-0.39, 0.29) is 20.7 Å². The molecular weight excluding hydrogens is 420 g/mol. The zero-order valence-corrected chi connectivity index (χ0v) is 16.9. The molecule has 5 rings (SSSR count). The Morgan fingerprint density at radius 2 is 1.10 bits per heavy atom. The van der Waals surface area contributed by atoms with Crippen LogP contribution in [-0.4, -0.2) is 20.2 Å². The molecule has 0 saturated carbocycles. The Kier molecular flexibility index (Phi) is 4.86. The highest BCUT2D eigenvalue weighted by molar-refractivity contribution is 8.14. The van der Waals surface area contributed by atoms with Gasteiger partial charge in [-0.15, -0.1) is 0 Å². The van der Waals surface area contributed by atoms with E-state index >= 15 is 0 Å². The zero-order chi connectivity index (χ0) is 20.5. The monoisotopic (exact) mass is 432 g/mol. The first-order chi connectivity index (χ1) is 14.7. The van der Waals surface area contributed by atoms with Crippen molar-refractivity contribution in [1.29, 1.82) is 0 Å². The van der Waals surface area contributed by atoms with Crippen LogP contribution in [0.25, 0.3) is 22.2 Å². The minimum atomic E-state index is -0.261. The molecule has 6 nitrogen and oxygen atoms in total. The van der Waals surface area contributed by atoms with E-state index in [1.54, 1.807) is 36.4 Å².